The van der Waals surface area contributed by atoms with Crippen molar-refractivity contribution in [2.45, 2.75) is 25.8 Å². The molecule has 0 aromatic heterocycles. The number of aryl methyl sites for hydroxylation is 1. The first kappa shape index (κ1) is 19.1. The van der Waals surface area contributed by atoms with E-state index in [-0.39, 0.29) is 6.04 Å². The van der Waals surface area contributed by atoms with Crippen LogP contribution >= 0.6 is 0 Å². The zero-order valence-corrected chi connectivity index (χ0v) is 16.1. The molecule has 7 nitrogen and oxygen atoms in total. The number of piperazine rings is 1. The van der Waals surface area contributed by atoms with Crippen LogP contribution < -0.4 is 15.5 Å². The van der Waals surface area contributed by atoms with E-state index in [1.165, 1.54) is 9.87 Å². The number of piperidine rings is 1. The summed E-state index contributed by atoms with van der Waals surface area (Å²) in [7, 11) is -3.57. The van der Waals surface area contributed by atoms with Crippen molar-refractivity contribution in [1.29, 1.82) is 0 Å². The number of nitrogens with one attached hydrogen (secondary N) is 2. The van der Waals surface area contributed by atoms with Gasteiger partial charge in [-0.05, 0) is 50.6 Å². The number of benzene rings is 1. The smallest absolute Gasteiger partial charge is 0.236 e. The second-order valence-electron chi connectivity index (χ2n) is 7.07. The Labute approximate surface area is 155 Å². The van der Waals surface area contributed by atoms with E-state index in [1.807, 2.05) is 25.1 Å². The van der Waals surface area contributed by atoms with Crippen LogP contribution in [0.4, 0.5) is 5.69 Å². The van der Waals surface area contributed by atoms with Gasteiger partial charge in [0.2, 0.25) is 15.9 Å². The van der Waals surface area contributed by atoms with E-state index in [9.17, 15) is 13.2 Å². The van der Waals surface area contributed by atoms with E-state index in [0.29, 0.717) is 26.2 Å². The molecule has 0 bridgehead atoms. The van der Waals surface area contributed by atoms with Crippen molar-refractivity contribution in [1.82, 2.24) is 14.9 Å². The molecule has 0 unspecified atom stereocenters. The molecule has 3 rings (SSSR count). The molecular formula is C18H28N4O3S. The third-order valence-electron chi connectivity index (χ3n) is 5.02. The highest BCUT2D eigenvalue weighted by Gasteiger charge is 2.29. The molecule has 8 heteroatoms. The molecule has 2 aliphatic heterocycles. The number of nitrogens with zero attached hydrogens (tertiary/aromatic N) is 2. The number of rotatable bonds is 5. The number of anilines is 1. The van der Waals surface area contributed by atoms with E-state index in [0.717, 1.165) is 31.6 Å². The molecule has 0 spiro atoms. The Bertz CT molecular complexity index is 724. The standard InChI is InChI=1S/C18H28N4O3S/c1-15-3-2-4-17(13-15)21-9-11-22(12-10-21)26(24,25)14-18(23)20-16-5-7-19-8-6-16/h2-4,13,16,19H,5-12,14H2,1H3,(H,20,23). The van der Waals surface area contributed by atoms with Gasteiger partial charge >= 0.3 is 0 Å². The van der Waals surface area contributed by atoms with Gasteiger partial charge in [0.1, 0.15) is 5.75 Å². The number of hydrogen-bond acceptors (Lipinski definition) is 5. The lowest BCUT2D eigenvalue weighted by Gasteiger charge is -2.35. The van der Waals surface area contributed by atoms with Gasteiger partial charge < -0.3 is 15.5 Å². The Morgan fingerprint density at radius 2 is 1.88 bits per heavy atom. The van der Waals surface area contributed by atoms with Crippen LogP contribution in [0.25, 0.3) is 0 Å². The second kappa shape index (κ2) is 8.37. The lowest BCUT2D eigenvalue weighted by molar-refractivity contribution is -0.119. The highest BCUT2D eigenvalue weighted by atomic mass is 32.2. The van der Waals surface area contributed by atoms with Crippen molar-refractivity contribution in [2.24, 2.45) is 0 Å². The molecule has 2 N–H and O–H groups in total. The summed E-state index contributed by atoms with van der Waals surface area (Å²) in [5, 5.41) is 6.09. The fraction of sp³-hybridized carbons (Fsp3) is 0.611. The first-order valence-electron chi connectivity index (χ1n) is 9.23. The van der Waals surface area contributed by atoms with Crippen LogP contribution in [-0.2, 0) is 14.8 Å². The third-order valence-corrected chi connectivity index (χ3v) is 6.80. The summed E-state index contributed by atoms with van der Waals surface area (Å²) >= 11 is 0. The lowest BCUT2D eigenvalue weighted by Crippen LogP contribution is -2.51. The predicted molar refractivity (Wildman–Crippen MR) is 103 cm³/mol. The first-order valence-corrected chi connectivity index (χ1v) is 10.8. The first-order chi connectivity index (χ1) is 12.4. The minimum Gasteiger partial charge on any atom is -0.369 e. The normalized spacial score (nSPS) is 20.1. The number of hydrogen-bond donors (Lipinski definition) is 2. The molecule has 1 aromatic carbocycles. The van der Waals surface area contributed by atoms with Crippen molar-refractivity contribution in [3.63, 3.8) is 0 Å². The average Bonchev–Trinajstić information content (AvgIpc) is 2.62. The van der Waals surface area contributed by atoms with E-state index < -0.39 is 21.7 Å². The van der Waals surface area contributed by atoms with Gasteiger partial charge in [-0.25, -0.2) is 8.42 Å². The van der Waals surface area contributed by atoms with Crippen molar-refractivity contribution in [3.8, 4) is 0 Å². The van der Waals surface area contributed by atoms with Crippen molar-refractivity contribution < 1.29 is 13.2 Å². The monoisotopic (exact) mass is 380 g/mol. The number of carbonyl (C=O) groups excluding carboxylic acids is 1. The molecule has 0 aliphatic carbocycles. The Hall–Kier alpha value is -1.64. The maximum atomic E-state index is 12.6. The lowest BCUT2D eigenvalue weighted by atomic mass is 10.1. The van der Waals surface area contributed by atoms with Gasteiger partial charge in [-0.1, -0.05) is 12.1 Å². The third kappa shape index (κ3) is 4.96. The molecular weight excluding hydrogens is 352 g/mol. The van der Waals surface area contributed by atoms with E-state index in [2.05, 4.69) is 21.6 Å². The van der Waals surface area contributed by atoms with Crippen LogP contribution in [0.5, 0.6) is 0 Å². The molecule has 2 heterocycles. The zero-order chi connectivity index (χ0) is 18.6. The molecule has 1 amide bonds. The van der Waals surface area contributed by atoms with Gasteiger partial charge in [0.15, 0.2) is 0 Å². The minimum absolute atomic E-state index is 0.0807. The molecule has 1 aromatic rings. The van der Waals surface area contributed by atoms with Gasteiger partial charge in [-0.15, -0.1) is 0 Å². The van der Waals surface area contributed by atoms with Crippen molar-refractivity contribution in [3.05, 3.63) is 29.8 Å². The fourth-order valence-corrected chi connectivity index (χ4v) is 4.86. The Balaban J connectivity index is 1.51. The van der Waals surface area contributed by atoms with Crippen LogP contribution in [-0.4, -0.2) is 69.7 Å². The summed E-state index contributed by atoms with van der Waals surface area (Å²) in [5.74, 6) is -0.848. The molecule has 144 valence electrons. The molecule has 0 atom stereocenters. The van der Waals surface area contributed by atoms with E-state index in [1.54, 1.807) is 0 Å². The summed E-state index contributed by atoms with van der Waals surface area (Å²) in [6.45, 7) is 5.87. The summed E-state index contributed by atoms with van der Waals surface area (Å²) in [6, 6.07) is 8.29. The molecule has 26 heavy (non-hydrogen) atoms. The number of carbonyl (C=O) groups is 1. The van der Waals surface area contributed by atoms with Gasteiger partial charge in [0, 0.05) is 37.9 Å². The fourth-order valence-electron chi connectivity index (χ4n) is 3.54. The van der Waals surface area contributed by atoms with Crippen LogP contribution in [0, 0.1) is 6.92 Å². The molecule has 2 aliphatic rings. The topological polar surface area (TPSA) is 81.8 Å². The summed E-state index contributed by atoms with van der Waals surface area (Å²) in [5.41, 5.74) is 2.30. The van der Waals surface area contributed by atoms with Crippen molar-refractivity contribution >= 4 is 21.6 Å². The minimum atomic E-state index is -3.57. The van der Waals surface area contributed by atoms with Crippen LogP contribution in [0.3, 0.4) is 0 Å². The van der Waals surface area contributed by atoms with Gasteiger partial charge in [0.05, 0.1) is 0 Å². The quantitative estimate of drug-likeness (QED) is 0.769. The van der Waals surface area contributed by atoms with E-state index in [4.69, 9.17) is 0 Å². The predicted octanol–water partition coefficient (Wildman–Crippen LogP) is 0.315. The number of sulfonamides is 1. The molecule has 2 saturated heterocycles. The van der Waals surface area contributed by atoms with E-state index >= 15 is 0 Å². The molecule has 0 radical (unpaired) electrons. The maximum absolute atomic E-state index is 12.6. The Kier molecular flexibility index (Phi) is 6.16. The molecule has 2 fully saturated rings. The number of amides is 1. The van der Waals surface area contributed by atoms with Crippen LogP contribution in [0.15, 0.2) is 24.3 Å². The van der Waals surface area contributed by atoms with Crippen molar-refractivity contribution in [2.75, 3.05) is 49.9 Å². The highest BCUT2D eigenvalue weighted by Crippen LogP contribution is 2.19. The second-order valence-corrected chi connectivity index (χ2v) is 9.04. The van der Waals surface area contributed by atoms with Gasteiger partial charge in [-0.3, -0.25) is 4.79 Å². The van der Waals surface area contributed by atoms with Crippen LogP contribution in [0.1, 0.15) is 18.4 Å². The van der Waals surface area contributed by atoms with Gasteiger partial charge in [-0.2, -0.15) is 4.31 Å². The summed E-state index contributed by atoms with van der Waals surface area (Å²) in [6.07, 6.45) is 1.70. The highest BCUT2D eigenvalue weighted by molar-refractivity contribution is 7.89. The largest absolute Gasteiger partial charge is 0.369 e. The zero-order valence-electron chi connectivity index (χ0n) is 15.3. The van der Waals surface area contributed by atoms with Crippen LogP contribution in [0.2, 0.25) is 0 Å². The maximum Gasteiger partial charge on any atom is 0.236 e. The SMILES string of the molecule is Cc1cccc(N2CCN(S(=O)(=O)CC(=O)NC3CCNCC3)CC2)c1. The van der Waals surface area contributed by atoms with Gasteiger partial charge in [0.25, 0.3) is 0 Å². The Morgan fingerprint density at radius 1 is 1.19 bits per heavy atom. The summed E-state index contributed by atoms with van der Waals surface area (Å²) < 4.78 is 26.6. The summed E-state index contributed by atoms with van der Waals surface area (Å²) in [4.78, 5) is 14.3. The average molecular weight is 381 g/mol. The molecule has 0 saturated carbocycles. The Morgan fingerprint density at radius 3 is 2.54 bits per heavy atom.